The molecule has 3 nitrogen and oxygen atoms in total. The van der Waals surface area contributed by atoms with Gasteiger partial charge in [-0.15, -0.1) is 0 Å². The molecule has 12 heavy (non-hydrogen) atoms. The summed E-state index contributed by atoms with van der Waals surface area (Å²) in [5, 5.41) is 9.13. The molecule has 2 unspecified atom stereocenters. The molecule has 1 heterocycles. The van der Waals surface area contributed by atoms with E-state index in [0.29, 0.717) is 18.6 Å². The molecule has 0 saturated carbocycles. The fourth-order valence-electron chi connectivity index (χ4n) is 1.95. The van der Waals surface area contributed by atoms with Crippen molar-refractivity contribution in [1.82, 2.24) is 4.90 Å². The number of nitrogens with zero attached hydrogens (tertiary/aromatic N) is 1. The minimum atomic E-state index is 0.297. The van der Waals surface area contributed by atoms with Crippen LogP contribution in [-0.4, -0.2) is 42.3 Å². The van der Waals surface area contributed by atoms with Gasteiger partial charge >= 0.3 is 0 Å². The van der Waals surface area contributed by atoms with Crippen molar-refractivity contribution < 1.29 is 5.11 Å². The highest BCUT2D eigenvalue weighted by atomic mass is 16.3. The zero-order chi connectivity index (χ0) is 8.97. The molecule has 0 aromatic heterocycles. The van der Waals surface area contributed by atoms with Gasteiger partial charge in [0.05, 0.1) is 6.61 Å². The summed E-state index contributed by atoms with van der Waals surface area (Å²) in [6, 6.07) is 0.386. The van der Waals surface area contributed by atoms with Crippen molar-refractivity contribution in [3.63, 3.8) is 0 Å². The topological polar surface area (TPSA) is 49.5 Å². The van der Waals surface area contributed by atoms with Crippen molar-refractivity contribution in [2.45, 2.75) is 25.8 Å². The summed E-state index contributed by atoms with van der Waals surface area (Å²) < 4.78 is 0. The lowest BCUT2D eigenvalue weighted by Gasteiger charge is -2.24. The summed E-state index contributed by atoms with van der Waals surface area (Å²) >= 11 is 0. The Morgan fingerprint density at radius 1 is 1.58 bits per heavy atom. The number of nitrogens with two attached hydrogens (primary N) is 1. The van der Waals surface area contributed by atoms with Crippen molar-refractivity contribution in [2.75, 3.05) is 26.2 Å². The molecule has 0 spiro atoms. The van der Waals surface area contributed by atoms with Gasteiger partial charge in [0.1, 0.15) is 0 Å². The number of aliphatic hydroxyl groups excluding tert-OH is 1. The fraction of sp³-hybridized carbons (Fsp3) is 1.00. The van der Waals surface area contributed by atoms with Gasteiger partial charge in [0.25, 0.3) is 0 Å². The van der Waals surface area contributed by atoms with Gasteiger partial charge in [-0.2, -0.15) is 0 Å². The average molecular weight is 172 g/mol. The number of rotatable bonds is 4. The predicted octanol–water partition coefficient (Wildman–Crippen LogP) is 0.0379. The average Bonchev–Trinajstić information content (AvgIpc) is 2.43. The summed E-state index contributed by atoms with van der Waals surface area (Å²) in [6.07, 6.45) is 2.26. The maximum Gasteiger partial charge on any atom is 0.0589 e. The van der Waals surface area contributed by atoms with Crippen LogP contribution in [-0.2, 0) is 0 Å². The molecule has 0 amide bonds. The van der Waals surface area contributed by atoms with Crippen LogP contribution in [0.25, 0.3) is 0 Å². The summed E-state index contributed by atoms with van der Waals surface area (Å²) in [7, 11) is 0. The Morgan fingerprint density at radius 2 is 2.33 bits per heavy atom. The lowest BCUT2D eigenvalue weighted by atomic mass is 10.0. The molecular formula is C9H20N2O. The molecule has 1 fully saturated rings. The highest BCUT2D eigenvalue weighted by Crippen LogP contribution is 2.23. The molecule has 2 atom stereocenters. The van der Waals surface area contributed by atoms with Gasteiger partial charge in [0.2, 0.25) is 0 Å². The van der Waals surface area contributed by atoms with Gasteiger partial charge < -0.3 is 10.8 Å². The lowest BCUT2D eigenvalue weighted by molar-refractivity contribution is 0.139. The third-order valence-corrected chi connectivity index (χ3v) is 2.83. The van der Waals surface area contributed by atoms with Gasteiger partial charge in [-0.05, 0) is 38.4 Å². The molecule has 0 radical (unpaired) electrons. The SMILES string of the molecule is CC1CCN(CCCN)C1CO. The first-order valence-electron chi connectivity index (χ1n) is 4.84. The van der Waals surface area contributed by atoms with E-state index in [1.54, 1.807) is 0 Å². The molecule has 0 bridgehead atoms. The Bertz CT molecular complexity index is 130. The standard InChI is InChI=1S/C9H20N2O/c1-8-3-6-11(5-2-4-10)9(8)7-12/h8-9,12H,2-7,10H2,1H3. The van der Waals surface area contributed by atoms with Crippen LogP contribution in [0.2, 0.25) is 0 Å². The van der Waals surface area contributed by atoms with E-state index >= 15 is 0 Å². The Morgan fingerprint density at radius 3 is 2.92 bits per heavy atom. The minimum Gasteiger partial charge on any atom is -0.395 e. The third-order valence-electron chi connectivity index (χ3n) is 2.83. The zero-order valence-electron chi connectivity index (χ0n) is 7.87. The minimum absolute atomic E-state index is 0.297. The van der Waals surface area contributed by atoms with Crippen molar-refractivity contribution in [2.24, 2.45) is 11.7 Å². The smallest absolute Gasteiger partial charge is 0.0589 e. The van der Waals surface area contributed by atoms with Crippen LogP contribution in [0.4, 0.5) is 0 Å². The zero-order valence-corrected chi connectivity index (χ0v) is 7.87. The first kappa shape index (κ1) is 9.96. The molecule has 1 aliphatic rings. The van der Waals surface area contributed by atoms with E-state index in [-0.39, 0.29) is 0 Å². The normalized spacial score (nSPS) is 31.2. The van der Waals surface area contributed by atoms with Crippen LogP contribution in [0, 0.1) is 5.92 Å². The molecular weight excluding hydrogens is 152 g/mol. The summed E-state index contributed by atoms with van der Waals surface area (Å²) in [5.41, 5.74) is 5.44. The Kier molecular flexibility index (Phi) is 3.98. The van der Waals surface area contributed by atoms with E-state index in [2.05, 4.69) is 11.8 Å². The van der Waals surface area contributed by atoms with Crippen LogP contribution in [0.15, 0.2) is 0 Å². The van der Waals surface area contributed by atoms with Crippen molar-refractivity contribution in [3.8, 4) is 0 Å². The van der Waals surface area contributed by atoms with Crippen LogP contribution in [0.5, 0.6) is 0 Å². The van der Waals surface area contributed by atoms with Crippen molar-refractivity contribution in [1.29, 1.82) is 0 Å². The summed E-state index contributed by atoms with van der Waals surface area (Å²) in [4.78, 5) is 2.36. The first-order chi connectivity index (χ1) is 5.79. The number of aliphatic hydroxyl groups is 1. The second kappa shape index (κ2) is 4.80. The predicted molar refractivity (Wildman–Crippen MR) is 49.9 cm³/mol. The quantitative estimate of drug-likeness (QED) is 0.629. The lowest BCUT2D eigenvalue weighted by Crippen LogP contribution is -2.36. The highest BCUT2D eigenvalue weighted by Gasteiger charge is 2.29. The monoisotopic (exact) mass is 172 g/mol. The third kappa shape index (κ3) is 2.19. The van der Waals surface area contributed by atoms with Gasteiger partial charge in [-0.1, -0.05) is 6.92 Å². The fourth-order valence-corrected chi connectivity index (χ4v) is 1.95. The van der Waals surface area contributed by atoms with E-state index in [0.717, 1.165) is 26.1 Å². The molecule has 1 saturated heterocycles. The van der Waals surface area contributed by atoms with Gasteiger partial charge in [0.15, 0.2) is 0 Å². The summed E-state index contributed by atoms with van der Waals surface area (Å²) in [6.45, 7) is 5.44. The van der Waals surface area contributed by atoms with E-state index in [4.69, 9.17) is 10.8 Å². The molecule has 3 heteroatoms. The van der Waals surface area contributed by atoms with E-state index in [9.17, 15) is 0 Å². The van der Waals surface area contributed by atoms with Crippen LogP contribution < -0.4 is 5.73 Å². The van der Waals surface area contributed by atoms with Gasteiger partial charge in [-0.3, -0.25) is 4.90 Å². The number of likely N-dealkylation sites (tertiary alicyclic amines) is 1. The van der Waals surface area contributed by atoms with Gasteiger partial charge in [0, 0.05) is 6.04 Å². The second-order valence-electron chi connectivity index (χ2n) is 3.69. The maximum absolute atomic E-state index is 9.13. The molecule has 1 aliphatic heterocycles. The molecule has 1 rings (SSSR count). The van der Waals surface area contributed by atoms with Gasteiger partial charge in [-0.25, -0.2) is 0 Å². The maximum atomic E-state index is 9.13. The summed E-state index contributed by atoms with van der Waals surface area (Å²) in [5.74, 6) is 0.646. The number of hydrogen-bond acceptors (Lipinski definition) is 3. The van der Waals surface area contributed by atoms with Crippen LogP contribution >= 0.6 is 0 Å². The van der Waals surface area contributed by atoms with Crippen LogP contribution in [0.1, 0.15) is 19.8 Å². The Balaban J connectivity index is 2.32. The van der Waals surface area contributed by atoms with Crippen LogP contribution in [0.3, 0.4) is 0 Å². The van der Waals surface area contributed by atoms with E-state index in [1.165, 1.54) is 6.42 Å². The molecule has 0 aromatic rings. The molecule has 0 aliphatic carbocycles. The largest absolute Gasteiger partial charge is 0.395 e. The highest BCUT2D eigenvalue weighted by molar-refractivity contribution is 4.83. The Hall–Kier alpha value is -0.120. The van der Waals surface area contributed by atoms with E-state index in [1.807, 2.05) is 0 Å². The Labute approximate surface area is 74.5 Å². The molecule has 0 aromatic carbocycles. The number of hydrogen-bond donors (Lipinski definition) is 2. The second-order valence-corrected chi connectivity index (χ2v) is 3.69. The van der Waals surface area contributed by atoms with Crippen molar-refractivity contribution >= 4 is 0 Å². The van der Waals surface area contributed by atoms with Crippen molar-refractivity contribution in [3.05, 3.63) is 0 Å². The first-order valence-corrected chi connectivity index (χ1v) is 4.84. The molecule has 3 N–H and O–H groups in total. The van der Waals surface area contributed by atoms with E-state index < -0.39 is 0 Å². The molecule has 72 valence electrons.